The molecule has 0 spiro atoms. The molecule has 4 aromatic rings. The summed E-state index contributed by atoms with van der Waals surface area (Å²) in [7, 11) is 0. The van der Waals surface area contributed by atoms with E-state index in [9.17, 15) is 18.0 Å². The number of aryl methyl sites for hydroxylation is 1. The summed E-state index contributed by atoms with van der Waals surface area (Å²) in [6.45, 7) is 0.197. The predicted molar refractivity (Wildman–Crippen MR) is 113 cm³/mol. The van der Waals surface area contributed by atoms with E-state index in [0.29, 0.717) is 16.5 Å². The maximum atomic E-state index is 13.8. The van der Waals surface area contributed by atoms with Crippen LogP contribution in [-0.4, -0.2) is 15.9 Å². The van der Waals surface area contributed by atoms with Gasteiger partial charge in [-0.3, -0.25) is 4.79 Å². The van der Waals surface area contributed by atoms with E-state index in [2.05, 4.69) is 9.97 Å². The topological polar surface area (TPSA) is 74.5 Å². The number of oxazole rings is 1. The van der Waals surface area contributed by atoms with Crippen molar-refractivity contribution in [1.82, 2.24) is 9.97 Å². The molecule has 0 amide bonds. The van der Waals surface area contributed by atoms with Crippen molar-refractivity contribution in [2.45, 2.75) is 26.1 Å². The van der Waals surface area contributed by atoms with Crippen LogP contribution in [0.3, 0.4) is 0 Å². The molecule has 2 aromatic heterocycles. The van der Waals surface area contributed by atoms with Crippen LogP contribution in [0.4, 0.5) is 13.2 Å². The third-order valence-corrected chi connectivity index (χ3v) is 5.33. The van der Waals surface area contributed by atoms with Gasteiger partial charge in [-0.05, 0) is 36.4 Å². The molecule has 0 radical (unpaired) electrons. The Labute approximate surface area is 190 Å². The number of esters is 1. The van der Waals surface area contributed by atoms with Crippen LogP contribution >= 0.6 is 11.3 Å². The molecule has 0 fully saturated rings. The molecule has 0 saturated carbocycles. The molecule has 170 valence electrons. The first kappa shape index (κ1) is 22.5. The second-order valence-corrected chi connectivity index (χ2v) is 7.79. The van der Waals surface area contributed by atoms with Crippen molar-refractivity contribution in [2.75, 3.05) is 0 Å². The number of carbonyl (C=O) groups excluding carboxylic acids is 1. The number of carbonyl (C=O) groups is 1. The lowest BCUT2D eigenvalue weighted by Crippen LogP contribution is -2.06. The van der Waals surface area contributed by atoms with E-state index in [1.165, 1.54) is 47.9 Å². The number of ether oxygens (including phenoxy) is 2. The van der Waals surface area contributed by atoms with Gasteiger partial charge in [0.15, 0.2) is 11.7 Å². The highest BCUT2D eigenvalue weighted by molar-refractivity contribution is 7.09. The molecule has 0 aliphatic carbocycles. The van der Waals surface area contributed by atoms with Crippen LogP contribution in [-0.2, 0) is 29.2 Å². The van der Waals surface area contributed by atoms with Crippen LogP contribution in [0.2, 0.25) is 0 Å². The van der Waals surface area contributed by atoms with Gasteiger partial charge in [-0.15, -0.1) is 11.3 Å². The Morgan fingerprint density at radius 2 is 1.79 bits per heavy atom. The summed E-state index contributed by atoms with van der Waals surface area (Å²) >= 11 is 1.35. The van der Waals surface area contributed by atoms with Gasteiger partial charge in [-0.2, -0.15) is 0 Å². The van der Waals surface area contributed by atoms with E-state index in [-0.39, 0.29) is 49.1 Å². The lowest BCUT2D eigenvalue weighted by molar-refractivity contribution is -0.145. The minimum atomic E-state index is -0.761. The van der Waals surface area contributed by atoms with E-state index >= 15 is 0 Å². The molecule has 33 heavy (non-hydrogen) atoms. The van der Waals surface area contributed by atoms with Gasteiger partial charge in [0.25, 0.3) is 0 Å². The fourth-order valence-electron chi connectivity index (χ4n) is 2.87. The van der Waals surface area contributed by atoms with Crippen molar-refractivity contribution in [2.24, 2.45) is 0 Å². The summed E-state index contributed by atoms with van der Waals surface area (Å²) < 4.78 is 56.7. The predicted octanol–water partition coefficient (Wildman–Crippen LogP) is 5.47. The molecule has 4 rings (SSSR count). The lowest BCUT2D eigenvalue weighted by Gasteiger charge is -2.03. The molecule has 0 N–H and O–H groups in total. The molecule has 0 bridgehead atoms. The van der Waals surface area contributed by atoms with E-state index in [4.69, 9.17) is 13.9 Å². The van der Waals surface area contributed by atoms with Gasteiger partial charge < -0.3 is 13.9 Å². The zero-order valence-electron chi connectivity index (χ0n) is 17.1. The number of hydrogen-bond donors (Lipinski definition) is 0. The molecular weight excluding hydrogens is 457 g/mol. The van der Waals surface area contributed by atoms with Crippen molar-refractivity contribution in [3.8, 4) is 17.1 Å². The number of halogens is 3. The monoisotopic (exact) mass is 474 g/mol. The van der Waals surface area contributed by atoms with Crippen LogP contribution in [0.5, 0.6) is 5.75 Å². The second kappa shape index (κ2) is 10.3. The summed E-state index contributed by atoms with van der Waals surface area (Å²) in [6.07, 6.45) is 1.31. The van der Waals surface area contributed by atoms with Crippen molar-refractivity contribution < 1.29 is 31.9 Å². The first-order valence-electron chi connectivity index (χ1n) is 9.84. The number of hydrogen-bond acceptors (Lipinski definition) is 7. The largest absolute Gasteiger partial charge is 0.486 e. The van der Waals surface area contributed by atoms with Gasteiger partial charge >= 0.3 is 5.97 Å². The molecule has 0 atom stereocenters. The third-order valence-electron chi connectivity index (χ3n) is 4.46. The Balaban J connectivity index is 1.23. The molecule has 2 heterocycles. The van der Waals surface area contributed by atoms with Gasteiger partial charge in [-0.25, -0.2) is 23.1 Å². The average Bonchev–Trinajstić information content (AvgIpc) is 3.45. The fourth-order valence-corrected chi connectivity index (χ4v) is 3.56. The van der Waals surface area contributed by atoms with Crippen molar-refractivity contribution >= 4 is 17.3 Å². The Bertz CT molecular complexity index is 1220. The summed E-state index contributed by atoms with van der Waals surface area (Å²) in [6, 6.07) is 9.15. The quantitative estimate of drug-likeness (QED) is 0.300. The highest BCUT2D eigenvalue weighted by Crippen LogP contribution is 2.27. The molecule has 2 aromatic carbocycles. The Hall–Kier alpha value is -3.66. The molecule has 0 aliphatic heterocycles. The van der Waals surface area contributed by atoms with Crippen LogP contribution in [0.25, 0.3) is 11.3 Å². The SMILES string of the molecule is O=C(CCc1ncc(-c2c(F)cccc2F)o1)OCc1csc(COc2ccc(F)cc2)n1. The van der Waals surface area contributed by atoms with Crippen LogP contribution < -0.4 is 4.74 Å². The van der Waals surface area contributed by atoms with Gasteiger partial charge in [0.1, 0.15) is 41.4 Å². The lowest BCUT2D eigenvalue weighted by atomic mass is 10.1. The number of aromatic nitrogens is 2. The smallest absolute Gasteiger partial charge is 0.306 e. The van der Waals surface area contributed by atoms with E-state index in [0.717, 1.165) is 12.1 Å². The summed E-state index contributed by atoms with van der Waals surface area (Å²) in [4.78, 5) is 20.3. The van der Waals surface area contributed by atoms with Crippen LogP contribution in [0.15, 0.2) is 58.5 Å². The van der Waals surface area contributed by atoms with Crippen molar-refractivity contribution in [3.05, 3.63) is 88.1 Å². The van der Waals surface area contributed by atoms with E-state index < -0.39 is 17.6 Å². The maximum absolute atomic E-state index is 13.8. The minimum Gasteiger partial charge on any atom is -0.486 e. The number of benzene rings is 2. The highest BCUT2D eigenvalue weighted by Gasteiger charge is 2.16. The summed E-state index contributed by atoms with van der Waals surface area (Å²) in [5, 5.41) is 2.43. The molecule has 0 saturated heterocycles. The number of nitrogens with zero attached hydrogens (tertiary/aromatic N) is 2. The van der Waals surface area contributed by atoms with Crippen molar-refractivity contribution in [1.29, 1.82) is 0 Å². The van der Waals surface area contributed by atoms with Gasteiger partial charge in [0, 0.05) is 11.8 Å². The highest BCUT2D eigenvalue weighted by atomic mass is 32.1. The third kappa shape index (κ3) is 5.98. The van der Waals surface area contributed by atoms with Gasteiger partial charge in [-0.1, -0.05) is 6.07 Å². The molecule has 6 nitrogen and oxygen atoms in total. The van der Waals surface area contributed by atoms with E-state index in [1.807, 2.05) is 0 Å². The second-order valence-electron chi connectivity index (χ2n) is 6.85. The maximum Gasteiger partial charge on any atom is 0.306 e. The number of rotatable bonds is 9. The Morgan fingerprint density at radius 3 is 2.55 bits per heavy atom. The summed E-state index contributed by atoms with van der Waals surface area (Å²) in [5.74, 6) is -1.73. The van der Waals surface area contributed by atoms with Crippen LogP contribution in [0, 0.1) is 17.5 Å². The Morgan fingerprint density at radius 1 is 1.03 bits per heavy atom. The van der Waals surface area contributed by atoms with E-state index in [1.54, 1.807) is 5.38 Å². The standard InChI is InChI=1S/C23H17F3N2O4S/c24-14-4-6-16(7-5-14)30-12-21-28-15(13-33-21)11-31-22(29)9-8-20-27-10-19(32-20)23-17(25)2-1-3-18(23)26/h1-7,10,13H,8-9,11-12H2. The van der Waals surface area contributed by atoms with Gasteiger partial charge in [0.2, 0.25) is 0 Å². The first-order valence-corrected chi connectivity index (χ1v) is 10.7. The summed E-state index contributed by atoms with van der Waals surface area (Å²) in [5.41, 5.74) is 0.265. The zero-order chi connectivity index (χ0) is 23.2. The zero-order valence-corrected chi connectivity index (χ0v) is 17.9. The normalized spacial score (nSPS) is 10.9. The number of thiazole rings is 1. The fraction of sp³-hybridized carbons (Fsp3) is 0.174. The molecule has 0 unspecified atom stereocenters. The van der Waals surface area contributed by atoms with Gasteiger partial charge in [0.05, 0.1) is 23.9 Å². The minimum absolute atomic E-state index is 0.0108. The average molecular weight is 474 g/mol. The molecule has 10 heteroatoms. The Kier molecular flexibility index (Phi) is 7.04. The van der Waals surface area contributed by atoms with Crippen LogP contribution in [0.1, 0.15) is 23.0 Å². The molecule has 0 aliphatic rings. The van der Waals surface area contributed by atoms with Crippen molar-refractivity contribution in [3.63, 3.8) is 0 Å². The first-order chi connectivity index (χ1) is 16.0. The molecular formula is C23H17F3N2O4S.